The third-order valence-corrected chi connectivity index (χ3v) is 6.95. The van der Waals surface area contributed by atoms with Gasteiger partial charge in [-0.05, 0) is 55.9 Å². The van der Waals surface area contributed by atoms with Gasteiger partial charge in [0.25, 0.3) is 5.91 Å². The van der Waals surface area contributed by atoms with Gasteiger partial charge in [0.05, 0.1) is 5.69 Å². The van der Waals surface area contributed by atoms with E-state index in [-0.39, 0.29) is 23.1 Å². The summed E-state index contributed by atoms with van der Waals surface area (Å²) < 4.78 is 16.1. The van der Waals surface area contributed by atoms with Crippen molar-refractivity contribution in [2.24, 2.45) is 11.7 Å². The molecule has 1 aromatic carbocycles. The van der Waals surface area contributed by atoms with Gasteiger partial charge in [-0.1, -0.05) is 26.7 Å². The van der Waals surface area contributed by atoms with Crippen LogP contribution in [0.4, 0.5) is 16.0 Å². The number of aryl methyl sites for hydroxylation is 2. The van der Waals surface area contributed by atoms with Crippen molar-refractivity contribution in [3.63, 3.8) is 0 Å². The first kappa shape index (κ1) is 25.6. The minimum atomic E-state index is -0.624. The van der Waals surface area contributed by atoms with E-state index in [1.54, 1.807) is 13.0 Å². The Hall–Kier alpha value is -3.49. The lowest BCUT2D eigenvalue weighted by Gasteiger charge is -2.33. The van der Waals surface area contributed by atoms with Gasteiger partial charge < -0.3 is 20.9 Å². The second kappa shape index (κ2) is 11.1. The second-order valence-corrected chi connectivity index (χ2v) is 10.1. The SMILES string of the molecule is Cc1cc(-c2cn(CCCCC(C)C)c(C3CCN(c4ncnc(N)c4C(N)=O)CC3)n2)ccc1F. The Morgan fingerprint density at radius 3 is 2.61 bits per heavy atom. The quantitative estimate of drug-likeness (QED) is 0.418. The molecule has 3 aromatic rings. The van der Waals surface area contributed by atoms with E-state index < -0.39 is 5.91 Å². The number of carbonyl (C=O) groups excluding carboxylic acids is 1. The molecule has 1 fully saturated rings. The highest BCUT2D eigenvalue weighted by Gasteiger charge is 2.28. The molecule has 0 spiro atoms. The molecule has 36 heavy (non-hydrogen) atoms. The highest BCUT2D eigenvalue weighted by Crippen LogP contribution is 2.33. The summed E-state index contributed by atoms with van der Waals surface area (Å²) in [6, 6.07) is 5.16. The average molecular weight is 494 g/mol. The Labute approximate surface area is 211 Å². The van der Waals surface area contributed by atoms with Crippen molar-refractivity contribution in [1.29, 1.82) is 0 Å². The van der Waals surface area contributed by atoms with Crippen molar-refractivity contribution >= 4 is 17.5 Å². The monoisotopic (exact) mass is 493 g/mol. The minimum Gasteiger partial charge on any atom is -0.383 e. The van der Waals surface area contributed by atoms with Gasteiger partial charge in [0.1, 0.15) is 35.2 Å². The molecule has 192 valence electrons. The smallest absolute Gasteiger partial charge is 0.256 e. The third-order valence-electron chi connectivity index (χ3n) is 6.95. The number of anilines is 2. The number of piperidine rings is 1. The van der Waals surface area contributed by atoms with Gasteiger partial charge >= 0.3 is 0 Å². The van der Waals surface area contributed by atoms with E-state index in [1.807, 2.05) is 6.07 Å². The summed E-state index contributed by atoms with van der Waals surface area (Å²) in [7, 11) is 0. The molecule has 0 aliphatic carbocycles. The molecular weight excluding hydrogens is 457 g/mol. The number of nitrogens with zero attached hydrogens (tertiary/aromatic N) is 5. The molecule has 8 nitrogen and oxygen atoms in total. The number of rotatable bonds is 9. The van der Waals surface area contributed by atoms with E-state index in [1.165, 1.54) is 25.2 Å². The maximum atomic E-state index is 13.9. The summed E-state index contributed by atoms with van der Waals surface area (Å²) in [5, 5.41) is 0. The molecule has 9 heteroatoms. The summed E-state index contributed by atoms with van der Waals surface area (Å²) >= 11 is 0. The van der Waals surface area contributed by atoms with Crippen LogP contribution in [0.25, 0.3) is 11.3 Å². The molecular formula is C27H36FN7O. The predicted octanol–water partition coefficient (Wildman–Crippen LogP) is 4.68. The van der Waals surface area contributed by atoms with E-state index in [9.17, 15) is 9.18 Å². The lowest BCUT2D eigenvalue weighted by Crippen LogP contribution is -2.36. The summed E-state index contributed by atoms with van der Waals surface area (Å²) in [5.74, 6) is 1.78. The van der Waals surface area contributed by atoms with Gasteiger partial charge in [-0.3, -0.25) is 4.79 Å². The standard InChI is InChI=1S/C27H36FN7O/c1-17(2)6-4-5-11-35-15-22(20-7-8-21(28)18(3)14-20)33-26(35)19-9-12-34(13-10-19)27-23(25(30)36)24(29)31-16-32-27/h7-8,14-17,19H,4-6,9-13H2,1-3H3,(H2,30,36)(H2,29,31,32). The van der Waals surface area contributed by atoms with E-state index in [4.69, 9.17) is 16.5 Å². The van der Waals surface area contributed by atoms with Crippen LogP contribution in [0, 0.1) is 18.7 Å². The Balaban J connectivity index is 1.55. The number of unbranched alkanes of at least 4 members (excludes halogenated alkanes) is 1. The zero-order valence-corrected chi connectivity index (χ0v) is 21.4. The van der Waals surface area contributed by atoms with E-state index in [0.29, 0.717) is 30.4 Å². The fourth-order valence-electron chi connectivity index (χ4n) is 4.93. The van der Waals surface area contributed by atoms with Crippen LogP contribution in [-0.2, 0) is 6.54 Å². The molecule has 0 unspecified atom stereocenters. The van der Waals surface area contributed by atoms with Gasteiger partial charge in [0.2, 0.25) is 0 Å². The summed E-state index contributed by atoms with van der Waals surface area (Å²) in [6.07, 6.45) is 8.65. The minimum absolute atomic E-state index is 0.103. The van der Waals surface area contributed by atoms with Crippen molar-refractivity contribution in [2.75, 3.05) is 23.7 Å². The Bertz CT molecular complexity index is 1210. The lowest BCUT2D eigenvalue weighted by molar-refractivity contribution is 0.100. The zero-order valence-electron chi connectivity index (χ0n) is 21.4. The van der Waals surface area contributed by atoms with E-state index in [0.717, 1.165) is 42.9 Å². The molecule has 2 aromatic heterocycles. The van der Waals surface area contributed by atoms with Crippen molar-refractivity contribution in [2.45, 2.75) is 65.3 Å². The summed E-state index contributed by atoms with van der Waals surface area (Å²) in [5.41, 5.74) is 14.1. The molecule has 0 atom stereocenters. The molecule has 0 bridgehead atoms. The van der Waals surface area contributed by atoms with Crippen LogP contribution in [-0.4, -0.2) is 38.5 Å². The zero-order chi connectivity index (χ0) is 25.8. The maximum Gasteiger partial charge on any atom is 0.256 e. The molecule has 0 radical (unpaired) electrons. The van der Waals surface area contributed by atoms with Crippen molar-refractivity contribution in [1.82, 2.24) is 19.5 Å². The molecule has 1 aliphatic rings. The van der Waals surface area contributed by atoms with Crippen LogP contribution in [0.3, 0.4) is 0 Å². The van der Waals surface area contributed by atoms with Crippen LogP contribution in [0.15, 0.2) is 30.7 Å². The first-order chi connectivity index (χ1) is 17.2. The fourth-order valence-corrected chi connectivity index (χ4v) is 4.93. The molecule has 1 saturated heterocycles. The number of nitrogens with two attached hydrogens (primary N) is 2. The molecule has 4 rings (SSSR count). The number of aromatic nitrogens is 4. The van der Waals surface area contributed by atoms with Crippen molar-refractivity contribution < 1.29 is 9.18 Å². The van der Waals surface area contributed by atoms with Crippen LogP contribution in [0.2, 0.25) is 0 Å². The topological polar surface area (TPSA) is 116 Å². The van der Waals surface area contributed by atoms with Gasteiger partial charge in [-0.25, -0.2) is 19.3 Å². The average Bonchev–Trinajstić information content (AvgIpc) is 3.27. The number of hydrogen-bond acceptors (Lipinski definition) is 6. The van der Waals surface area contributed by atoms with Gasteiger partial charge in [-0.2, -0.15) is 0 Å². The summed E-state index contributed by atoms with van der Waals surface area (Å²) in [6.45, 7) is 8.59. The van der Waals surface area contributed by atoms with Gasteiger partial charge in [0, 0.05) is 37.3 Å². The molecule has 1 amide bonds. The fraction of sp³-hybridized carbons (Fsp3) is 0.481. The molecule has 3 heterocycles. The number of hydrogen-bond donors (Lipinski definition) is 2. The van der Waals surface area contributed by atoms with E-state index in [2.05, 4.69) is 39.5 Å². The van der Waals surface area contributed by atoms with Gasteiger partial charge in [0.15, 0.2) is 0 Å². The number of nitrogen functional groups attached to an aromatic ring is 1. The second-order valence-electron chi connectivity index (χ2n) is 10.1. The Kier molecular flexibility index (Phi) is 7.86. The Morgan fingerprint density at radius 1 is 1.19 bits per heavy atom. The number of benzene rings is 1. The number of halogens is 1. The number of amides is 1. The van der Waals surface area contributed by atoms with Crippen LogP contribution in [0.5, 0.6) is 0 Å². The van der Waals surface area contributed by atoms with Crippen LogP contribution in [0.1, 0.15) is 73.6 Å². The Morgan fingerprint density at radius 2 is 1.94 bits per heavy atom. The number of primary amides is 1. The maximum absolute atomic E-state index is 13.9. The largest absolute Gasteiger partial charge is 0.383 e. The number of imidazole rings is 1. The van der Waals surface area contributed by atoms with Crippen molar-refractivity contribution in [3.05, 3.63) is 53.5 Å². The third kappa shape index (κ3) is 5.66. The van der Waals surface area contributed by atoms with Crippen molar-refractivity contribution in [3.8, 4) is 11.3 Å². The predicted molar refractivity (Wildman–Crippen MR) is 140 cm³/mol. The first-order valence-electron chi connectivity index (χ1n) is 12.7. The lowest BCUT2D eigenvalue weighted by atomic mass is 9.95. The molecule has 1 aliphatic heterocycles. The van der Waals surface area contributed by atoms with Crippen LogP contribution >= 0.6 is 0 Å². The molecule has 0 saturated carbocycles. The highest BCUT2D eigenvalue weighted by atomic mass is 19.1. The number of carbonyl (C=O) groups is 1. The van der Waals surface area contributed by atoms with Gasteiger partial charge in [-0.15, -0.1) is 0 Å². The molecule has 4 N–H and O–H groups in total. The summed E-state index contributed by atoms with van der Waals surface area (Å²) in [4.78, 5) is 27.3. The first-order valence-corrected chi connectivity index (χ1v) is 12.7. The van der Waals surface area contributed by atoms with E-state index >= 15 is 0 Å². The normalized spacial score (nSPS) is 14.5. The van der Waals surface area contributed by atoms with Crippen LogP contribution < -0.4 is 16.4 Å². The highest BCUT2D eigenvalue weighted by molar-refractivity contribution is 6.01.